The molecule has 0 aromatic heterocycles. The van der Waals surface area contributed by atoms with Gasteiger partial charge in [-0.15, -0.1) is 5.06 Å². The fourth-order valence-corrected chi connectivity index (χ4v) is 3.38. The summed E-state index contributed by atoms with van der Waals surface area (Å²) in [5, 5.41) is 9.85. The molecule has 2 aromatic carbocycles. The molecule has 9 heteroatoms. The molecular formula is C23H20ClN3O5. The average molecular weight is 454 g/mol. The topological polar surface area (TPSA) is 93.4 Å². The van der Waals surface area contributed by atoms with Crippen molar-refractivity contribution in [3.8, 4) is 17.2 Å². The van der Waals surface area contributed by atoms with E-state index in [9.17, 15) is 4.79 Å². The zero-order valence-corrected chi connectivity index (χ0v) is 18.2. The van der Waals surface area contributed by atoms with Gasteiger partial charge in [-0.1, -0.05) is 29.8 Å². The van der Waals surface area contributed by atoms with E-state index in [1.54, 1.807) is 44.4 Å². The average Bonchev–Trinajstić information content (AvgIpc) is 3.15. The van der Waals surface area contributed by atoms with Crippen LogP contribution in [-0.4, -0.2) is 43.0 Å². The van der Waals surface area contributed by atoms with E-state index in [0.717, 1.165) is 0 Å². The first-order chi connectivity index (χ1) is 15.5. The van der Waals surface area contributed by atoms with Crippen molar-refractivity contribution in [2.45, 2.75) is 6.92 Å². The summed E-state index contributed by atoms with van der Waals surface area (Å²) in [6, 6.07) is 12.4. The van der Waals surface area contributed by atoms with E-state index >= 15 is 0 Å². The predicted molar refractivity (Wildman–Crippen MR) is 120 cm³/mol. The van der Waals surface area contributed by atoms with E-state index < -0.39 is 5.91 Å². The van der Waals surface area contributed by atoms with E-state index in [1.165, 1.54) is 5.06 Å². The number of nitrogens with zero attached hydrogens (tertiary/aromatic N) is 2. The second-order valence-electron chi connectivity index (χ2n) is 6.86. The van der Waals surface area contributed by atoms with Gasteiger partial charge in [0.15, 0.2) is 23.2 Å². The molecule has 0 radical (unpaired) electrons. The first-order valence-electron chi connectivity index (χ1n) is 9.74. The zero-order valence-electron chi connectivity index (χ0n) is 17.4. The zero-order chi connectivity index (χ0) is 22.7. The number of nitrogens with one attached hydrogen (secondary N) is 1. The van der Waals surface area contributed by atoms with Crippen molar-refractivity contribution in [2.24, 2.45) is 4.99 Å². The highest BCUT2D eigenvalue weighted by Crippen LogP contribution is 2.29. The maximum absolute atomic E-state index is 12.4. The fourth-order valence-electron chi connectivity index (χ4n) is 3.13. The number of para-hydroxylation sites is 2. The molecule has 0 fully saturated rings. The van der Waals surface area contributed by atoms with Crippen LogP contribution in [0.2, 0.25) is 5.02 Å². The minimum absolute atomic E-state index is 0.0852. The summed E-state index contributed by atoms with van der Waals surface area (Å²) in [6.45, 7) is 2.30. The molecule has 0 saturated carbocycles. The lowest BCUT2D eigenvalue weighted by Gasteiger charge is -2.23. The largest absolute Gasteiger partial charge is 0.493 e. The Morgan fingerprint density at radius 3 is 2.56 bits per heavy atom. The number of amidine groups is 2. The number of aliphatic imine (C=N–C) groups is 1. The van der Waals surface area contributed by atoms with Gasteiger partial charge in [0.25, 0.3) is 5.91 Å². The lowest BCUT2D eigenvalue weighted by atomic mass is 10.1. The van der Waals surface area contributed by atoms with Crippen LogP contribution in [0.5, 0.6) is 17.2 Å². The van der Waals surface area contributed by atoms with Crippen molar-refractivity contribution in [3.63, 3.8) is 0 Å². The minimum Gasteiger partial charge on any atom is -0.493 e. The first kappa shape index (κ1) is 21.5. The number of hydrogen-bond donors (Lipinski definition) is 1. The summed E-state index contributed by atoms with van der Waals surface area (Å²) < 4.78 is 16.6. The van der Waals surface area contributed by atoms with Crippen molar-refractivity contribution < 1.29 is 23.8 Å². The van der Waals surface area contributed by atoms with Crippen molar-refractivity contribution >= 4 is 35.3 Å². The summed E-state index contributed by atoms with van der Waals surface area (Å²) >= 11 is 6.35. The third-order valence-corrected chi connectivity index (χ3v) is 4.91. The fraction of sp³-hybridized carbons (Fsp3) is 0.174. The lowest BCUT2D eigenvalue weighted by Crippen LogP contribution is -2.38. The van der Waals surface area contributed by atoms with Crippen molar-refractivity contribution in [1.29, 1.82) is 5.41 Å². The van der Waals surface area contributed by atoms with Gasteiger partial charge in [-0.3, -0.25) is 10.2 Å². The summed E-state index contributed by atoms with van der Waals surface area (Å²) in [7, 11) is 1.58. The number of fused-ring (bicyclic) bond motifs is 1. The Morgan fingerprint density at radius 1 is 1.12 bits per heavy atom. The van der Waals surface area contributed by atoms with Crippen LogP contribution in [0.4, 0.5) is 0 Å². The SMILES string of the molecule is COc1ccccc1OCCOc1ccc(/C=C2\C(=N)N3OC(C)=CC3=NC2=O)cc1Cl. The molecule has 8 nitrogen and oxygen atoms in total. The second kappa shape index (κ2) is 9.15. The number of carbonyl (C=O) groups is 1. The molecule has 32 heavy (non-hydrogen) atoms. The number of benzene rings is 2. The molecule has 4 rings (SSSR count). The molecule has 2 aromatic rings. The molecule has 2 heterocycles. The second-order valence-corrected chi connectivity index (χ2v) is 7.27. The van der Waals surface area contributed by atoms with Gasteiger partial charge in [0.1, 0.15) is 24.7 Å². The van der Waals surface area contributed by atoms with E-state index in [0.29, 0.717) is 46.0 Å². The molecule has 2 aliphatic rings. The maximum Gasteiger partial charge on any atom is 0.282 e. The normalized spacial score (nSPS) is 16.3. The Kier molecular flexibility index (Phi) is 6.13. The van der Waals surface area contributed by atoms with E-state index in [-0.39, 0.29) is 18.0 Å². The Labute approximate surface area is 189 Å². The van der Waals surface area contributed by atoms with Crippen LogP contribution in [0, 0.1) is 5.41 Å². The highest BCUT2D eigenvalue weighted by molar-refractivity contribution is 6.33. The van der Waals surface area contributed by atoms with Gasteiger partial charge >= 0.3 is 0 Å². The number of allylic oxidation sites excluding steroid dienone is 1. The number of halogens is 1. The number of methoxy groups -OCH3 is 1. The van der Waals surface area contributed by atoms with Crippen LogP contribution in [0.25, 0.3) is 6.08 Å². The number of hydrogen-bond acceptors (Lipinski definition) is 6. The number of ether oxygens (including phenoxy) is 3. The quantitative estimate of drug-likeness (QED) is 0.497. The van der Waals surface area contributed by atoms with Gasteiger partial charge in [0.05, 0.1) is 17.7 Å². The molecule has 0 atom stereocenters. The monoisotopic (exact) mass is 453 g/mol. The van der Waals surface area contributed by atoms with Crippen LogP contribution in [-0.2, 0) is 9.63 Å². The summed E-state index contributed by atoms with van der Waals surface area (Å²) in [4.78, 5) is 21.7. The molecule has 164 valence electrons. The molecule has 0 unspecified atom stereocenters. The molecular weight excluding hydrogens is 434 g/mol. The molecule has 0 bridgehead atoms. The summed E-state index contributed by atoms with van der Waals surface area (Å²) in [5.41, 5.74) is 0.732. The van der Waals surface area contributed by atoms with Crippen molar-refractivity contribution in [1.82, 2.24) is 5.06 Å². The number of hydroxylamine groups is 2. The van der Waals surface area contributed by atoms with Gasteiger partial charge in [-0.25, -0.2) is 0 Å². The van der Waals surface area contributed by atoms with E-state index in [2.05, 4.69) is 4.99 Å². The van der Waals surface area contributed by atoms with Gasteiger partial charge in [0, 0.05) is 6.08 Å². The first-order valence-corrected chi connectivity index (χ1v) is 10.1. The Hall–Kier alpha value is -3.78. The summed E-state index contributed by atoms with van der Waals surface area (Å²) in [6.07, 6.45) is 3.15. The highest BCUT2D eigenvalue weighted by Gasteiger charge is 2.34. The Balaban J connectivity index is 1.39. The molecule has 1 amide bonds. The van der Waals surface area contributed by atoms with Crippen LogP contribution in [0.15, 0.2) is 64.9 Å². The number of carbonyl (C=O) groups excluding carboxylic acids is 1. The molecule has 2 aliphatic heterocycles. The van der Waals surface area contributed by atoms with Gasteiger partial charge in [-0.2, -0.15) is 4.99 Å². The highest BCUT2D eigenvalue weighted by atomic mass is 35.5. The van der Waals surface area contributed by atoms with Gasteiger partial charge in [0.2, 0.25) is 0 Å². The smallest absolute Gasteiger partial charge is 0.282 e. The Bertz CT molecular complexity index is 1170. The summed E-state index contributed by atoms with van der Waals surface area (Å²) in [5.74, 6) is 2.01. The third-order valence-electron chi connectivity index (χ3n) is 4.61. The number of rotatable bonds is 7. The van der Waals surface area contributed by atoms with Crippen LogP contribution < -0.4 is 14.2 Å². The molecule has 0 spiro atoms. The standard InChI is InChI=1S/C23H20ClN3O5/c1-14-11-21-26-23(28)16(22(25)27(21)32-14)12-15-7-8-18(17(24)13-15)30-9-10-31-20-6-4-3-5-19(20)29-2/h3-8,11-13,25H,9-10H2,1-2H3/b16-12+,25-22?. The maximum atomic E-state index is 12.4. The van der Waals surface area contributed by atoms with Gasteiger partial charge < -0.3 is 19.0 Å². The Morgan fingerprint density at radius 2 is 1.84 bits per heavy atom. The van der Waals surface area contributed by atoms with E-state index in [1.807, 2.05) is 24.3 Å². The number of amides is 1. The predicted octanol–water partition coefficient (Wildman–Crippen LogP) is 4.26. The van der Waals surface area contributed by atoms with Crippen LogP contribution in [0.1, 0.15) is 12.5 Å². The van der Waals surface area contributed by atoms with Crippen LogP contribution >= 0.6 is 11.6 Å². The minimum atomic E-state index is -0.513. The lowest BCUT2D eigenvalue weighted by molar-refractivity contribution is -0.114. The third kappa shape index (κ3) is 4.45. The van der Waals surface area contributed by atoms with E-state index in [4.69, 9.17) is 36.1 Å². The van der Waals surface area contributed by atoms with Crippen LogP contribution in [0.3, 0.4) is 0 Å². The van der Waals surface area contributed by atoms with Crippen molar-refractivity contribution in [3.05, 3.63) is 70.5 Å². The molecule has 1 N–H and O–H groups in total. The van der Waals surface area contributed by atoms with Gasteiger partial charge in [-0.05, 0) is 42.8 Å². The molecule has 0 saturated heterocycles. The van der Waals surface area contributed by atoms with Crippen molar-refractivity contribution in [2.75, 3.05) is 20.3 Å². The molecule has 0 aliphatic carbocycles.